The van der Waals surface area contributed by atoms with Gasteiger partial charge in [-0.2, -0.15) is 0 Å². The van der Waals surface area contributed by atoms with Crippen molar-refractivity contribution < 1.29 is 23.1 Å². The summed E-state index contributed by atoms with van der Waals surface area (Å²) < 4.78 is 29.7. The van der Waals surface area contributed by atoms with Crippen LogP contribution in [0.5, 0.6) is 0 Å². The van der Waals surface area contributed by atoms with Gasteiger partial charge < -0.3 is 9.67 Å². The summed E-state index contributed by atoms with van der Waals surface area (Å²) in [5.74, 6) is -1.24. The molecule has 9 heteroatoms. The van der Waals surface area contributed by atoms with Crippen LogP contribution in [0.2, 0.25) is 0 Å². The van der Waals surface area contributed by atoms with Crippen LogP contribution >= 0.6 is 0 Å². The van der Waals surface area contributed by atoms with Crippen LogP contribution in [-0.2, 0) is 21.2 Å². The Morgan fingerprint density at radius 3 is 2.53 bits per heavy atom. The molecule has 0 fully saturated rings. The van der Waals surface area contributed by atoms with Gasteiger partial charge in [-0.15, -0.1) is 0 Å². The topological polar surface area (TPSA) is 118 Å². The third kappa shape index (κ3) is 3.58. The van der Waals surface area contributed by atoms with Crippen molar-refractivity contribution >= 4 is 27.5 Å². The van der Waals surface area contributed by atoms with Gasteiger partial charge >= 0.3 is 5.97 Å². The van der Waals surface area contributed by atoms with Crippen molar-refractivity contribution in [1.29, 1.82) is 0 Å². The molecule has 1 heterocycles. The van der Waals surface area contributed by atoms with E-state index in [1.54, 1.807) is 10.6 Å². The molecule has 0 spiro atoms. The number of sulfonamides is 1. The van der Waals surface area contributed by atoms with E-state index in [2.05, 4.69) is 4.98 Å². The lowest BCUT2D eigenvalue weighted by atomic mass is 9.74. The van der Waals surface area contributed by atoms with Gasteiger partial charge in [0.25, 0.3) is 10.0 Å². The molecule has 0 saturated carbocycles. The van der Waals surface area contributed by atoms with Crippen molar-refractivity contribution in [2.45, 2.75) is 39.2 Å². The Morgan fingerprint density at radius 1 is 1.19 bits per heavy atom. The summed E-state index contributed by atoms with van der Waals surface area (Å²) in [6.45, 7) is 3.17. The number of carbonyl (C=O) groups excluding carboxylic acids is 1. The predicted octanol–water partition coefficient (Wildman–Crippen LogP) is 3.22. The van der Waals surface area contributed by atoms with Crippen LogP contribution in [0.4, 0.5) is 0 Å². The Labute approximate surface area is 186 Å². The van der Waals surface area contributed by atoms with Gasteiger partial charge in [0.2, 0.25) is 5.91 Å². The SMILES string of the molecule is CCCCc1ncc(C(=O)O)n1C1c2ccc(-c3ccccc3)c1c2S(=O)(=O)NC(C)=O. The normalized spacial score (nSPS) is 17.4. The molecule has 32 heavy (non-hydrogen) atoms. The Morgan fingerprint density at radius 2 is 1.91 bits per heavy atom. The van der Waals surface area contributed by atoms with Gasteiger partial charge in [-0.1, -0.05) is 55.8 Å². The van der Waals surface area contributed by atoms with Gasteiger partial charge in [-0.25, -0.2) is 22.9 Å². The maximum Gasteiger partial charge on any atom is 0.354 e. The van der Waals surface area contributed by atoms with Crippen LogP contribution < -0.4 is 4.72 Å². The monoisotopic (exact) mass is 453 g/mol. The highest BCUT2D eigenvalue weighted by Gasteiger charge is 2.48. The van der Waals surface area contributed by atoms with Gasteiger partial charge in [0.05, 0.1) is 17.1 Å². The van der Waals surface area contributed by atoms with Gasteiger partial charge in [0.1, 0.15) is 11.5 Å². The van der Waals surface area contributed by atoms with E-state index in [1.807, 2.05) is 48.1 Å². The molecular formula is C23H23N3O5S. The first-order valence-corrected chi connectivity index (χ1v) is 11.8. The number of aromatic nitrogens is 2. The van der Waals surface area contributed by atoms with E-state index in [1.165, 1.54) is 6.20 Å². The molecule has 1 aromatic heterocycles. The summed E-state index contributed by atoms with van der Waals surface area (Å²) >= 11 is 0. The molecule has 1 unspecified atom stereocenters. The highest BCUT2D eigenvalue weighted by atomic mass is 32.2. The number of amides is 1. The molecule has 8 nitrogen and oxygen atoms in total. The number of carboxylic acid groups (broad SMARTS) is 1. The number of nitrogens with one attached hydrogen (secondary N) is 1. The molecular weight excluding hydrogens is 430 g/mol. The van der Waals surface area contributed by atoms with Crippen molar-refractivity contribution in [3.05, 3.63) is 81.8 Å². The fraction of sp³-hybridized carbons (Fsp3) is 0.261. The number of hydrogen-bond acceptors (Lipinski definition) is 5. The minimum atomic E-state index is -4.12. The van der Waals surface area contributed by atoms with Crippen molar-refractivity contribution in [1.82, 2.24) is 14.3 Å². The number of imidazole rings is 1. The summed E-state index contributed by atoms with van der Waals surface area (Å²) in [6, 6.07) is 8.65. The second-order valence-corrected chi connectivity index (χ2v) is 9.33. The molecule has 4 rings (SSSR count). The summed E-state index contributed by atoms with van der Waals surface area (Å²) in [5, 5.41) is 9.78. The number of nitrogens with zero attached hydrogens (tertiary/aromatic N) is 2. The number of carbonyl (C=O) groups is 2. The number of allylic oxidation sites excluding steroid dienone is 5. The third-order valence-electron chi connectivity index (χ3n) is 5.53. The quantitative estimate of drug-likeness (QED) is 0.634. The number of carboxylic acids is 1. The third-order valence-corrected chi connectivity index (χ3v) is 7.08. The van der Waals surface area contributed by atoms with Crippen LogP contribution in [-0.4, -0.2) is 35.0 Å². The Bertz CT molecular complexity index is 1300. The number of aryl methyl sites for hydroxylation is 1. The zero-order chi connectivity index (χ0) is 23.0. The molecule has 2 aliphatic rings. The lowest BCUT2D eigenvalue weighted by Crippen LogP contribution is -2.40. The standard InChI is InChI=1S/C23H23N3O5S/c1-3-4-10-19-24-13-18(23(28)29)26(19)21-17-12-11-16(15-8-6-5-7-9-15)20(21)22(17)32(30,31)25-14(2)27/h5-9,11-13,21H,3-4,10H2,1-2H3,(H,25,27)(H,28,29). The average Bonchev–Trinajstić information content (AvgIpc) is 3.15. The summed E-state index contributed by atoms with van der Waals surface area (Å²) in [5.41, 5.74) is 2.35. The number of aromatic carboxylic acids is 1. The lowest BCUT2D eigenvalue weighted by Gasteiger charge is -2.41. The van der Waals surface area contributed by atoms with Crippen LogP contribution in [0.25, 0.3) is 5.57 Å². The smallest absolute Gasteiger partial charge is 0.354 e. The van der Waals surface area contributed by atoms with E-state index in [9.17, 15) is 23.1 Å². The van der Waals surface area contributed by atoms with E-state index < -0.39 is 27.9 Å². The Kier molecular flexibility index (Phi) is 5.60. The molecule has 166 valence electrons. The molecule has 0 radical (unpaired) electrons. The lowest BCUT2D eigenvalue weighted by molar-refractivity contribution is -0.117. The summed E-state index contributed by atoms with van der Waals surface area (Å²) in [7, 11) is -4.12. The zero-order valence-electron chi connectivity index (χ0n) is 17.7. The molecule has 1 aromatic carbocycles. The van der Waals surface area contributed by atoms with Gasteiger partial charge in [-0.05, 0) is 17.6 Å². The maximum atomic E-state index is 13.0. The summed E-state index contributed by atoms with van der Waals surface area (Å²) in [4.78, 5) is 27.9. The zero-order valence-corrected chi connectivity index (χ0v) is 18.5. The number of benzene rings is 1. The van der Waals surface area contributed by atoms with Gasteiger partial charge in [-0.3, -0.25) is 4.79 Å². The fourth-order valence-electron chi connectivity index (χ4n) is 4.22. The first-order chi connectivity index (χ1) is 15.3. The van der Waals surface area contributed by atoms with Crippen LogP contribution in [0, 0.1) is 0 Å². The second-order valence-electron chi connectivity index (χ2n) is 7.71. The average molecular weight is 454 g/mol. The molecule has 2 bridgehead atoms. The molecule has 0 saturated heterocycles. The summed E-state index contributed by atoms with van der Waals surface area (Å²) in [6.07, 6.45) is 7.12. The van der Waals surface area contributed by atoms with Crippen LogP contribution in [0.1, 0.15) is 54.6 Å². The highest BCUT2D eigenvalue weighted by molar-refractivity contribution is 7.94. The largest absolute Gasteiger partial charge is 0.477 e. The molecule has 2 aliphatic carbocycles. The predicted molar refractivity (Wildman–Crippen MR) is 119 cm³/mol. The first-order valence-electron chi connectivity index (χ1n) is 10.3. The molecule has 2 N–H and O–H groups in total. The van der Waals surface area contributed by atoms with Crippen molar-refractivity contribution in [2.24, 2.45) is 0 Å². The number of hydrogen-bond donors (Lipinski definition) is 2. The van der Waals surface area contributed by atoms with Gasteiger partial charge in [0.15, 0.2) is 0 Å². The van der Waals surface area contributed by atoms with Crippen LogP contribution in [0.3, 0.4) is 0 Å². The first kappa shape index (κ1) is 21.8. The Balaban J connectivity index is 1.92. The number of fused-ring (bicyclic) bond motifs is 2. The maximum absolute atomic E-state index is 13.0. The molecule has 2 aromatic rings. The molecule has 1 amide bonds. The minimum absolute atomic E-state index is 0.00482. The fourth-order valence-corrected chi connectivity index (χ4v) is 5.71. The van der Waals surface area contributed by atoms with E-state index in [0.29, 0.717) is 29.0 Å². The van der Waals surface area contributed by atoms with Crippen molar-refractivity contribution in [2.75, 3.05) is 0 Å². The van der Waals surface area contributed by atoms with Crippen molar-refractivity contribution in [3.8, 4) is 0 Å². The molecule has 1 atom stereocenters. The highest BCUT2D eigenvalue weighted by Crippen LogP contribution is 2.55. The van der Waals surface area contributed by atoms with E-state index in [0.717, 1.165) is 25.3 Å². The Hall–Kier alpha value is -3.46. The number of rotatable bonds is 8. The molecule has 0 aliphatic heterocycles. The van der Waals surface area contributed by atoms with Crippen molar-refractivity contribution in [3.63, 3.8) is 0 Å². The van der Waals surface area contributed by atoms with E-state index in [4.69, 9.17) is 0 Å². The van der Waals surface area contributed by atoms with E-state index >= 15 is 0 Å². The minimum Gasteiger partial charge on any atom is -0.477 e. The van der Waals surface area contributed by atoms with E-state index in [-0.39, 0.29) is 10.6 Å². The van der Waals surface area contributed by atoms with Crippen LogP contribution in [0.15, 0.2) is 64.7 Å². The second kappa shape index (κ2) is 8.23. The number of unbranched alkanes of at least 4 members (excludes halogenated alkanes) is 1. The van der Waals surface area contributed by atoms with Gasteiger partial charge in [0, 0.05) is 24.5 Å².